The van der Waals surface area contributed by atoms with Crippen LogP contribution >= 0.6 is 0 Å². The molecule has 0 saturated carbocycles. The Morgan fingerprint density at radius 1 is 1.38 bits per heavy atom. The first kappa shape index (κ1) is 13.5. The Hall–Kier alpha value is -2.44. The second-order valence-corrected chi connectivity index (χ2v) is 5.24. The summed E-state index contributed by atoms with van der Waals surface area (Å²) >= 11 is 0. The van der Waals surface area contributed by atoms with Crippen molar-refractivity contribution < 1.29 is 14.7 Å². The lowest BCUT2D eigenvalue weighted by molar-refractivity contribution is -0.143. The molecule has 1 saturated heterocycles. The maximum Gasteiger partial charge on any atom is 0.326 e. The van der Waals surface area contributed by atoms with Crippen LogP contribution in [-0.2, 0) is 4.79 Å². The third kappa shape index (κ3) is 2.35. The van der Waals surface area contributed by atoms with Gasteiger partial charge >= 0.3 is 5.97 Å². The summed E-state index contributed by atoms with van der Waals surface area (Å²) < 4.78 is 1.53. The van der Waals surface area contributed by atoms with Crippen LogP contribution in [0.5, 0.6) is 0 Å². The normalized spacial score (nSPS) is 18.9. The van der Waals surface area contributed by atoms with Gasteiger partial charge in [-0.25, -0.2) is 14.3 Å². The van der Waals surface area contributed by atoms with E-state index in [0.717, 1.165) is 18.5 Å². The highest BCUT2D eigenvalue weighted by molar-refractivity contribution is 6.01. The molecule has 3 heterocycles. The van der Waals surface area contributed by atoms with Crippen LogP contribution in [0.3, 0.4) is 0 Å². The largest absolute Gasteiger partial charge is 0.480 e. The van der Waals surface area contributed by atoms with Crippen LogP contribution in [0.4, 0.5) is 0 Å². The Balaban J connectivity index is 1.99. The van der Waals surface area contributed by atoms with Gasteiger partial charge in [0.05, 0.1) is 6.20 Å². The minimum atomic E-state index is -0.955. The molecule has 110 valence electrons. The summed E-state index contributed by atoms with van der Waals surface area (Å²) in [5.74, 6) is -1.26. The maximum absolute atomic E-state index is 12.7. The van der Waals surface area contributed by atoms with E-state index in [2.05, 4.69) is 10.1 Å². The lowest BCUT2D eigenvalue weighted by atomic mass is 10.0. The predicted octanol–water partition coefficient (Wildman–Crippen LogP) is 1.12. The number of carbonyl (C=O) groups is 2. The Morgan fingerprint density at radius 3 is 2.95 bits per heavy atom. The lowest BCUT2D eigenvalue weighted by Gasteiger charge is -2.32. The number of piperidine rings is 1. The van der Waals surface area contributed by atoms with Gasteiger partial charge in [-0.1, -0.05) is 0 Å². The van der Waals surface area contributed by atoms with Crippen LogP contribution < -0.4 is 0 Å². The number of aromatic nitrogens is 3. The van der Waals surface area contributed by atoms with Gasteiger partial charge in [-0.15, -0.1) is 0 Å². The van der Waals surface area contributed by atoms with E-state index in [1.807, 2.05) is 6.92 Å². The third-order valence-corrected chi connectivity index (χ3v) is 3.79. The van der Waals surface area contributed by atoms with Crippen molar-refractivity contribution >= 4 is 17.5 Å². The number of likely N-dealkylation sites (tertiary alicyclic amines) is 1. The number of rotatable bonds is 2. The summed E-state index contributed by atoms with van der Waals surface area (Å²) in [4.78, 5) is 29.7. The van der Waals surface area contributed by atoms with Crippen molar-refractivity contribution in [3.8, 4) is 0 Å². The number of fused-ring (bicyclic) bond motifs is 1. The van der Waals surface area contributed by atoms with Gasteiger partial charge in [0.2, 0.25) is 0 Å². The molecule has 0 spiro atoms. The van der Waals surface area contributed by atoms with Crippen LogP contribution in [0.2, 0.25) is 0 Å². The van der Waals surface area contributed by atoms with Crippen molar-refractivity contribution in [2.45, 2.75) is 32.2 Å². The van der Waals surface area contributed by atoms with Crippen LogP contribution in [0.15, 0.2) is 18.5 Å². The molecule has 0 bridgehead atoms. The van der Waals surface area contributed by atoms with Gasteiger partial charge in [0.1, 0.15) is 11.6 Å². The first-order chi connectivity index (χ1) is 10.1. The second kappa shape index (κ2) is 5.16. The van der Waals surface area contributed by atoms with Gasteiger partial charge in [-0.05, 0) is 32.3 Å². The Kier molecular flexibility index (Phi) is 3.32. The molecule has 1 amide bonds. The van der Waals surface area contributed by atoms with Crippen molar-refractivity contribution in [3.63, 3.8) is 0 Å². The summed E-state index contributed by atoms with van der Waals surface area (Å²) in [6.07, 6.45) is 5.33. The molecule has 0 radical (unpaired) electrons. The van der Waals surface area contributed by atoms with Crippen molar-refractivity contribution in [2.75, 3.05) is 6.54 Å². The number of carboxylic acid groups (broad SMARTS) is 1. The van der Waals surface area contributed by atoms with Crippen molar-refractivity contribution in [1.82, 2.24) is 19.5 Å². The number of amides is 1. The molecular weight excluding hydrogens is 272 g/mol. The molecule has 2 aromatic heterocycles. The van der Waals surface area contributed by atoms with Gasteiger partial charge in [0.15, 0.2) is 5.65 Å². The van der Waals surface area contributed by atoms with Crippen LogP contribution in [0.25, 0.3) is 5.65 Å². The van der Waals surface area contributed by atoms with Crippen molar-refractivity contribution in [3.05, 3.63) is 29.7 Å². The van der Waals surface area contributed by atoms with Gasteiger partial charge in [0, 0.05) is 18.4 Å². The molecule has 0 aromatic carbocycles. The fraction of sp³-hybridized carbons (Fsp3) is 0.429. The average Bonchev–Trinajstić information content (AvgIpc) is 2.89. The van der Waals surface area contributed by atoms with Gasteiger partial charge in [-0.3, -0.25) is 4.79 Å². The van der Waals surface area contributed by atoms with Gasteiger partial charge in [-0.2, -0.15) is 5.10 Å². The molecule has 7 nitrogen and oxygen atoms in total. The van der Waals surface area contributed by atoms with E-state index in [1.54, 1.807) is 12.3 Å². The van der Waals surface area contributed by atoms with Gasteiger partial charge < -0.3 is 10.0 Å². The predicted molar refractivity (Wildman–Crippen MR) is 74.0 cm³/mol. The summed E-state index contributed by atoms with van der Waals surface area (Å²) in [6, 6.07) is 1.04. The Labute approximate surface area is 121 Å². The molecule has 1 N–H and O–H groups in total. The van der Waals surface area contributed by atoms with E-state index < -0.39 is 12.0 Å². The molecule has 1 aliphatic rings. The number of nitrogens with zero attached hydrogens (tertiary/aromatic N) is 4. The molecule has 1 fully saturated rings. The fourth-order valence-corrected chi connectivity index (χ4v) is 2.70. The standard InChI is InChI=1S/C14H16N4O3/c1-9-5-7-18-12(16-9)10(8-15-18)13(19)17-6-3-2-4-11(17)14(20)21/h5,7-8,11H,2-4,6H2,1H3,(H,20,21)/t11-/m1/s1. The Morgan fingerprint density at radius 2 is 2.19 bits per heavy atom. The highest BCUT2D eigenvalue weighted by atomic mass is 16.4. The first-order valence-electron chi connectivity index (χ1n) is 6.92. The van der Waals surface area contributed by atoms with Crippen LogP contribution in [0.1, 0.15) is 35.3 Å². The van der Waals surface area contributed by atoms with E-state index in [-0.39, 0.29) is 5.91 Å². The van der Waals surface area contributed by atoms with E-state index in [4.69, 9.17) is 0 Å². The monoisotopic (exact) mass is 288 g/mol. The smallest absolute Gasteiger partial charge is 0.326 e. The average molecular weight is 288 g/mol. The highest BCUT2D eigenvalue weighted by Crippen LogP contribution is 2.21. The van der Waals surface area contributed by atoms with E-state index in [9.17, 15) is 14.7 Å². The quantitative estimate of drug-likeness (QED) is 0.894. The number of carboxylic acids is 1. The molecule has 7 heteroatoms. The second-order valence-electron chi connectivity index (χ2n) is 5.24. The molecular formula is C14H16N4O3. The third-order valence-electron chi connectivity index (χ3n) is 3.79. The topological polar surface area (TPSA) is 87.8 Å². The maximum atomic E-state index is 12.7. The first-order valence-corrected chi connectivity index (χ1v) is 6.92. The van der Waals surface area contributed by atoms with Crippen LogP contribution in [-0.4, -0.2) is 49.1 Å². The molecule has 1 atom stereocenters. The number of hydrogen-bond donors (Lipinski definition) is 1. The number of aliphatic carboxylic acids is 1. The lowest BCUT2D eigenvalue weighted by Crippen LogP contribution is -2.48. The number of hydrogen-bond acceptors (Lipinski definition) is 4. The number of carbonyl (C=O) groups excluding carboxylic acids is 1. The molecule has 2 aromatic rings. The Bertz CT molecular complexity index is 709. The zero-order chi connectivity index (χ0) is 15.0. The molecule has 3 rings (SSSR count). The van der Waals surface area contributed by atoms with E-state index in [1.165, 1.54) is 15.6 Å². The van der Waals surface area contributed by atoms with E-state index >= 15 is 0 Å². The molecule has 0 unspecified atom stereocenters. The van der Waals surface area contributed by atoms with E-state index in [0.29, 0.717) is 24.2 Å². The van der Waals surface area contributed by atoms with Gasteiger partial charge in [0.25, 0.3) is 5.91 Å². The molecule has 21 heavy (non-hydrogen) atoms. The minimum Gasteiger partial charge on any atom is -0.480 e. The van der Waals surface area contributed by atoms with Crippen LogP contribution in [0, 0.1) is 6.92 Å². The molecule has 1 aliphatic heterocycles. The summed E-state index contributed by atoms with van der Waals surface area (Å²) in [6.45, 7) is 2.29. The number of aryl methyl sites for hydroxylation is 1. The van der Waals surface area contributed by atoms with Crippen molar-refractivity contribution in [1.29, 1.82) is 0 Å². The van der Waals surface area contributed by atoms with Crippen molar-refractivity contribution in [2.24, 2.45) is 0 Å². The summed E-state index contributed by atoms with van der Waals surface area (Å²) in [7, 11) is 0. The zero-order valence-electron chi connectivity index (χ0n) is 11.7. The molecule has 0 aliphatic carbocycles. The summed E-state index contributed by atoms with van der Waals surface area (Å²) in [5.41, 5.74) is 1.60. The summed E-state index contributed by atoms with van der Waals surface area (Å²) in [5, 5.41) is 13.4. The zero-order valence-corrected chi connectivity index (χ0v) is 11.7. The minimum absolute atomic E-state index is 0.310. The fourth-order valence-electron chi connectivity index (χ4n) is 2.70. The SMILES string of the molecule is Cc1ccn2ncc(C(=O)N3CCCC[C@@H]3C(=O)O)c2n1. The highest BCUT2D eigenvalue weighted by Gasteiger charge is 2.33.